The summed E-state index contributed by atoms with van der Waals surface area (Å²) in [6.45, 7) is 4.47. The molecule has 0 heterocycles. The summed E-state index contributed by atoms with van der Waals surface area (Å²) in [6.07, 6.45) is 0.876. The lowest BCUT2D eigenvalue weighted by molar-refractivity contribution is -0.152. The lowest BCUT2D eigenvalue weighted by Gasteiger charge is -2.25. The third kappa shape index (κ3) is 4.56. The molecule has 22 heavy (non-hydrogen) atoms. The smallest absolute Gasteiger partial charge is 0.310 e. The van der Waals surface area contributed by atoms with Gasteiger partial charge in [-0.2, -0.15) is 0 Å². The molecule has 0 atom stereocenters. The van der Waals surface area contributed by atoms with Crippen LogP contribution >= 0.6 is 0 Å². The van der Waals surface area contributed by atoms with E-state index in [4.69, 9.17) is 4.74 Å². The molecule has 1 amide bonds. The lowest BCUT2D eigenvalue weighted by atomic mass is 9.79. The average molecular weight is 307 g/mol. The van der Waals surface area contributed by atoms with Gasteiger partial charge in [-0.05, 0) is 24.0 Å². The molecule has 5 nitrogen and oxygen atoms in total. The maximum Gasteiger partial charge on any atom is 0.310 e. The number of nitrogens with one attached hydrogen (secondary N) is 1. The van der Waals surface area contributed by atoms with Gasteiger partial charge in [0.1, 0.15) is 0 Å². The molecule has 0 saturated heterocycles. The number of amides is 1. The van der Waals surface area contributed by atoms with Crippen LogP contribution in [0.15, 0.2) is 24.3 Å². The molecule has 0 unspecified atom stereocenters. The molecule has 5 heteroatoms. The monoisotopic (exact) mass is 307 g/mol. The van der Waals surface area contributed by atoms with Crippen LogP contribution in [-0.4, -0.2) is 24.1 Å². The van der Waals surface area contributed by atoms with Crippen molar-refractivity contribution in [3.05, 3.63) is 35.4 Å². The van der Waals surface area contributed by atoms with Gasteiger partial charge in [-0.3, -0.25) is 9.59 Å². The van der Waals surface area contributed by atoms with Gasteiger partial charge >= 0.3 is 5.97 Å². The normalized spacial score (nSPS) is 11.2. The predicted molar refractivity (Wildman–Crippen MR) is 84.3 cm³/mol. The van der Waals surface area contributed by atoms with Crippen LogP contribution in [0.4, 0.5) is 0 Å². The van der Waals surface area contributed by atoms with Crippen LogP contribution in [0.5, 0.6) is 0 Å². The van der Waals surface area contributed by atoms with Crippen LogP contribution in [-0.2, 0) is 27.5 Å². The maximum atomic E-state index is 12.1. The highest BCUT2D eigenvalue weighted by atomic mass is 16.5. The van der Waals surface area contributed by atoms with E-state index in [0.29, 0.717) is 26.0 Å². The largest absolute Gasteiger partial charge is 0.481 e. The number of hydrogen-bond acceptors (Lipinski definition) is 3. The summed E-state index contributed by atoms with van der Waals surface area (Å²) in [5.74, 6) is -1.15. The third-order valence-electron chi connectivity index (χ3n) is 4.20. The molecule has 0 aliphatic carbocycles. The summed E-state index contributed by atoms with van der Waals surface area (Å²) < 4.78 is 5.13. The van der Waals surface area contributed by atoms with Crippen molar-refractivity contribution in [1.29, 1.82) is 0 Å². The molecule has 0 aromatic heterocycles. The number of carboxylic acids is 1. The van der Waals surface area contributed by atoms with Gasteiger partial charge in [0, 0.05) is 20.1 Å². The molecule has 0 aliphatic rings. The first-order valence-corrected chi connectivity index (χ1v) is 7.55. The van der Waals surface area contributed by atoms with Gasteiger partial charge in [-0.1, -0.05) is 38.1 Å². The minimum absolute atomic E-state index is 0.00176. The van der Waals surface area contributed by atoms with E-state index in [0.717, 1.165) is 11.1 Å². The van der Waals surface area contributed by atoms with Crippen LogP contribution in [0, 0.1) is 5.41 Å². The summed E-state index contributed by atoms with van der Waals surface area (Å²) in [5, 5.41) is 12.2. The molecule has 0 spiro atoms. The average Bonchev–Trinajstić information content (AvgIpc) is 2.52. The zero-order valence-electron chi connectivity index (χ0n) is 13.5. The van der Waals surface area contributed by atoms with Crippen molar-refractivity contribution in [2.24, 2.45) is 5.41 Å². The van der Waals surface area contributed by atoms with E-state index in [9.17, 15) is 14.7 Å². The Labute approximate surface area is 131 Å². The van der Waals surface area contributed by atoms with Crippen LogP contribution in [0.25, 0.3) is 0 Å². The SMILES string of the molecule is CCC(CC)(CC(=O)NCc1ccccc1COC)C(=O)O. The van der Waals surface area contributed by atoms with Crippen molar-refractivity contribution in [2.45, 2.75) is 46.3 Å². The van der Waals surface area contributed by atoms with Crippen LogP contribution in [0.1, 0.15) is 44.2 Å². The van der Waals surface area contributed by atoms with Gasteiger partial charge in [-0.15, -0.1) is 0 Å². The van der Waals surface area contributed by atoms with Crippen molar-refractivity contribution in [3.8, 4) is 0 Å². The molecule has 1 rings (SSSR count). The Morgan fingerprint density at radius 1 is 1.18 bits per heavy atom. The van der Waals surface area contributed by atoms with Crippen LogP contribution < -0.4 is 5.32 Å². The Kier molecular flexibility index (Phi) is 7.05. The molecule has 0 fully saturated rings. The van der Waals surface area contributed by atoms with Gasteiger partial charge < -0.3 is 15.2 Å². The van der Waals surface area contributed by atoms with Gasteiger partial charge in [0.2, 0.25) is 5.91 Å². The van der Waals surface area contributed by atoms with Crippen molar-refractivity contribution < 1.29 is 19.4 Å². The minimum atomic E-state index is -0.976. The predicted octanol–water partition coefficient (Wildman–Crippen LogP) is 2.73. The molecule has 0 bridgehead atoms. The number of methoxy groups -OCH3 is 1. The number of hydrogen-bond donors (Lipinski definition) is 2. The Morgan fingerprint density at radius 2 is 1.77 bits per heavy atom. The topological polar surface area (TPSA) is 75.6 Å². The van der Waals surface area contributed by atoms with Crippen molar-refractivity contribution in [1.82, 2.24) is 5.32 Å². The molecule has 0 aliphatic heterocycles. The second-order valence-corrected chi connectivity index (χ2v) is 5.45. The molecule has 0 saturated carbocycles. The van der Waals surface area contributed by atoms with Crippen LogP contribution in [0.2, 0.25) is 0 Å². The standard InChI is InChI=1S/C17H25NO4/c1-4-17(5-2,16(20)21)10-15(19)18-11-13-8-6-7-9-14(13)12-22-3/h6-9H,4-5,10-12H2,1-3H3,(H,18,19)(H,20,21). The second kappa shape index (κ2) is 8.54. The fourth-order valence-corrected chi connectivity index (χ4v) is 2.47. The van der Waals surface area contributed by atoms with E-state index in [1.165, 1.54) is 0 Å². The highest BCUT2D eigenvalue weighted by molar-refractivity contribution is 5.84. The molecule has 1 aromatic carbocycles. The quantitative estimate of drug-likeness (QED) is 0.735. The van der Waals surface area contributed by atoms with Crippen molar-refractivity contribution in [2.75, 3.05) is 7.11 Å². The zero-order chi connectivity index (χ0) is 16.6. The number of aliphatic carboxylic acids is 1. The van der Waals surface area contributed by atoms with E-state index in [1.807, 2.05) is 24.3 Å². The van der Waals surface area contributed by atoms with E-state index in [-0.39, 0.29) is 12.3 Å². The van der Waals surface area contributed by atoms with E-state index in [2.05, 4.69) is 5.32 Å². The number of carbonyl (C=O) groups excluding carboxylic acids is 1. The molecular weight excluding hydrogens is 282 g/mol. The maximum absolute atomic E-state index is 12.1. The number of carbonyl (C=O) groups is 2. The highest BCUT2D eigenvalue weighted by Crippen LogP contribution is 2.30. The van der Waals surface area contributed by atoms with E-state index in [1.54, 1.807) is 21.0 Å². The fraction of sp³-hybridized carbons (Fsp3) is 0.529. The zero-order valence-corrected chi connectivity index (χ0v) is 13.5. The van der Waals surface area contributed by atoms with Gasteiger partial charge in [0.05, 0.1) is 12.0 Å². The van der Waals surface area contributed by atoms with Gasteiger partial charge in [0.25, 0.3) is 0 Å². The lowest BCUT2D eigenvalue weighted by Crippen LogP contribution is -2.36. The molecule has 2 N–H and O–H groups in total. The molecular formula is C17H25NO4. The third-order valence-corrected chi connectivity index (χ3v) is 4.20. The van der Waals surface area contributed by atoms with Crippen LogP contribution in [0.3, 0.4) is 0 Å². The Bertz CT molecular complexity index is 509. The highest BCUT2D eigenvalue weighted by Gasteiger charge is 2.37. The summed E-state index contributed by atoms with van der Waals surface area (Å²) >= 11 is 0. The minimum Gasteiger partial charge on any atom is -0.481 e. The number of benzene rings is 1. The second-order valence-electron chi connectivity index (χ2n) is 5.45. The Morgan fingerprint density at radius 3 is 2.27 bits per heavy atom. The molecule has 1 aromatic rings. The van der Waals surface area contributed by atoms with Crippen molar-refractivity contribution in [3.63, 3.8) is 0 Å². The number of ether oxygens (including phenoxy) is 1. The molecule has 122 valence electrons. The van der Waals surface area contributed by atoms with E-state index >= 15 is 0 Å². The first-order valence-electron chi connectivity index (χ1n) is 7.55. The molecule has 0 radical (unpaired) electrons. The summed E-state index contributed by atoms with van der Waals surface area (Å²) in [6, 6.07) is 7.70. The summed E-state index contributed by atoms with van der Waals surface area (Å²) in [4.78, 5) is 23.6. The first kappa shape index (κ1) is 18.2. The van der Waals surface area contributed by atoms with E-state index < -0.39 is 11.4 Å². The Hall–Kier alpha value is -1.88. The van der Waals surface area contributed by atoms with Gasteiger partial charge in [-0.25, -0.2) is 0 Å². The first-order chi connectivity index (χ1) is 10.5. The number of rotatable bonds is 9. The van der Waals surface area contributed by atoms with Gasteiger partial charge in [0.15, 0.2) is 0 Å². The summed E-state index contributed by atoms with van der Waals surface area (Å²) in [5.41, 5.74) is 1.02. The number of carboxylic acid groups (broad SMARTS) is 1. The fourth-order valence-electron chi connectivity index (χ4n) is 2.47. The summed E-state index contributed by atoms with van der Waals surface area (Å²) in [7, 11) is 1.62. The van der Waals surface area contributed by atoms with Crippen molar-refractivity contribution >= 4 is 11.9 Å². The Balaban J connectivity index is 2.68.